The van der Waals surface area contributed by atoms with Gasteiger partial charge in [0.25, 0.3) is 0 Å². The molecule has 0 aliphatic carbocycles. The van der Waals surface area contributed by atoms with Crippen molar-refractivity contribution in [3.05, 3.63) is 12.3 Å². The van der Waals surface area contributed by atoms with Crippen molar-refractivity contribution >= 4 is 11.8 Å². The number of aromatic nitrogens is 2. The predicted molar refractivity (Wildman–Crippen MR) is 55.1 cm³/mol. The molecule has 2 amide bonds. The van der Waals surface area contributed by atoms with E-state index >= 15 is 0 Å². The third-order valence-electron chi connectivity index (χ3n) is 1.55. The molecule has 0 aromatic carbocycles. The van der Waals surface area contributed by atoms with E-state index < -0.39 is 0 Å². The number of urea groups is 1. The Morgan fingerprint density at radius 3 is 2.57 bits per heavy atom. The van der Waals surface area contributed by atoms with Crippen molar-refractivity contribution in [3.8, 4) is 0 Å². The molecule has 0 saturated heterocycles. The fourth-order valence-corrected chi connectivity index (χ4v) is 0.985. The van der Waals surface area contributed by atoms with Crippen molar-refractivity contribution in [2.75, 3.05) is 5.32 Å². The van der Waals surface area contributed by atoms with Crippen molar-refractivity contribution in [1.82, 2.24) is 15.1 Å². The van der Waals surface area contributed by atoms with Gasteiger partial charge in [-0.2, -0.15) is 5.10 Å². The standard InChI is InChI=1S/C9H16N4O/c1-9(2,3)12-8(14)11-7-5-6-10-13(7)4/h5-6H,1-4H3,(H2,11,12,14). The Bertz CT molecular complexity index is 324. The molecule has 78 valence electrons. The Hall–Kier alpha value is -1.52. The summed E-state index contributed by atoms with van der Waals surface area (Å²) in [6.45, 7) is 5.78. The number of carbonyl (C=O) groups excluding carboxylic acids is 1. The van der Waals surface area contributed by atoms with Crippen LogP contribution in [0, 0.1) is 0 Å². The molecule has 5 nitrogen and oxygen atoms in total. The number of amides is 2. The Balaban J connectivity index is 2.54. The first-order valence-corrected chi connectivity index (χ1v) is 4.46. The Labute approximate surface area is 83.5 Å². The lowest BCUT2D eigenvalue weighted by molar-refractivity contribution is 0.243. The Morgan fingerprint density at radius 2 is 2.14 bits per heavy atom. The highest BCUT2D eigenvalue weighted by atomic mass is 16.2. The fourth-order valence-electron chi connectivity index (χ4n) is 0.985. The van der Waals surface area contributed by atoms with Crippen molar-refractivity contribution in [1.29, 1.82) is 0 Å². The van der Waals surface area contributed by atoms with Crippen LogP contribution in [0.4, 0.5) is 10.6 Å². The lowest BCUT2D eigenvalue weighted by Gasteiger charge is -2.20. The molecule has 5 heteroatoms. The van der Waals surface area contributed by atoms with Crippen molar-refractivity contribution in [2.45, 2.75) is 26.3 Å². The molecule has 0 unspecified atom stereocenters. The van der Waals surface area contributed by atoms with Crippen LogP contribution in [0.1, 0.15) is 20.8 Å². The summed E-state index contributed by atoms with van der Waals surface area (Å²) in [5.41, 5.74) is -0.233. The SMILES string of the molecule is Cn1nccc1NC(=O)NC(C)(C)C. The molecule has 2 N–H and O–H groups in total. The summed E-state index contributed by atoms with van der Waals surface area (Å²) in [5, 5.41) is 9.43. The average molecular weight is 196 g/mol. The molecule has 0 spiro atoms. The zero-order valence-corrected chi connectivity index (χ0v) is 8.96. The zero-order valence-electron chi connectivity index (χ0n) is 8.96. The summed E-state index contributed by atoms with van der Waals surface area (Å²) in [4.78, 5) is 11.4. The molecule has 1 heterocycles. The topological polar surface area (TPSA) is 59.0 Å². The first-order valence-electron chi connectivity index (χ1n) is 4.46. The predicted octanol–water partition coefficient (Wildman–Crippen LogP) is 1.34. The van der Waals surface area contributed by atoms with E-state index in [4.69, 9.17) is 0 Å². The van der Waals surface area contributed by atoms with E-state index in [1.807, 2.05) is 20.8 Å². The van der Waals surface area contributed by atoms with Gasteiger partial charge in [-0.15, -0.1) is 0 Å². The van der Waals surface area contributed by atoms with E-state index in [9.17, 15) is 4.79 Å². The van der Waals surface area contributed by atoms with Gasteiger partial charge in [0.2, 0.25) is 0 Å². The number of rotatable bonds is 1. The second-order valence-corrected chi connectivity index (χ2v) is 4.17. The summed E-state index contributed by atoms with van der Waals surface area (Å²) >= 11 is 0. The van der Waals surface area contributed by atoms with Crippen LogP contribution in [0.2, 0.25) is 0 Å². The average Bonchev–Trinajstić information content (AvgIpc) is 2.32. The minimum absolute atomic E-state index is 0.221. The fraction of sp³-hybridized carbons (Fsp3) is 0.556. The van der Waals surface area contributed by atoms with E-state index in [1.165, 1.54) is 0 Å². The number of nitrogens with zero attached hydrogens (tertiary/aromatic N) is 2. The van der Waals surface area contributed by atoms with Crippen LogP contribution in [-0.2, 0) is 7.05 Å². The number of aryl methyl sites for hydroxylation is 1. The maximum Gasteiger partial charge on any atom is 0.320 e. The largest absolute Gasteiger partial charge is 0.333 e. The van der Waals surface area contributed by atoms with Crippen LogP contribution in [0.3, 0.4) is 0 Å². The second kappa shape index (κ2) is 3.69. The minimum Gasteiger partial charge on any atom is -0.333 e. The molecular weight excluding hydrogens is 180 g/mol. The van der Waals surface area contributed by atoms with Crippen LogP contribution in [0.5, 0.6) is 0 Å². The highest BCUT2D eigenvalue weighted by molar-refractivity contribution is 5.88. The summed E-state index contributed by atoms with van der Waals surface area (Å²) in [6, 6.07) is 1.52. The van der Waals surface area contributed by atoms with Gasteiger partial charge in [-0.25, -0.2) is 4.79 Å². The van der Waals surface area contributed by atoms with Gasteiger partial charge >= 0.3 is 6.03 Å². The van der Waals surface area contributed by atoms with Gasteiger partial charge < -0.3 is 5.32 Å². The molecule has 0 fully saturated rings. The second-order valence-electron chi connectivity index (χ2n) is 4.17. The molecule has 14 heavy (non-hydrogen) atoms. The van der Waals surface area contributed by atoms with Crippen molar-refractivity contribution in [2.24, 2.45) is 7.05 Å². The van der Waals surface area contributed by atoms with Gasteiger partial charge in [0.05, 0.1) is 6.20 Å². The molecule has 1 aromatic rings. The molecule has 1 rings (SSSR count). The molecule has 0 aliphatic heterocycles. The van der Waals surface area contributed by atoms with E-state index in [0.29, 0.717) is 5.82 Å². The maximum atomic E-state index is 11.4. The van der Waals surface area contributed by atoms with Crippen LogP contribution >= 0.6 is 0 Å². The quantitative estimate of drug-likeness (QED) is 0.712. The summed E-state index contributed by atoms with van der Waals surface area (Å²) in [5.74, 6) is 0.673. The highest BCUT2D eigenvalue weighted by Crippen LogP contribution is 2.04. The number of carbonyl (C=O) groups is 1. The van der Waals surface area contributed by atoms with E-state index in [1.54, 1.807) is 24.0 Å². The van der Waals surface area contributed by atoms with E-state index in [-0.39, 0.29) is 11.6 Å². The van der Waals surface area contributed by atoms with Gasteiger partial charge in [-0.05, 0) is 20.8 Å². The van der Waals surface area contributed by atoms with Gasteiger partial charge in [0, 0.05) is 18.7 Å². The number of nitrogens with one attached hydrogen (secondary N) is 2. The molecule has 0 atom stereocenters. The first kappa shape index (κ1) is 10.6. The number of hydrogen-bond donors (Lipinski definition) is 2. The summed E-state index contributed by atoms with van der Waals surface area (Å²) in [7, 11) is 1.77. The van der Waals surface area contributed by atoms with E-state index in [0.717, 1.165) is 0 Å². The maximum absolute atomic E-state index is 11.4. The third kappa shape index (κ3) is 3.08. The molecule has 1 aromatic heterocycles. The zero-order chi connectivity index (χ0) is 10.8. The monoisotopic (exact) mass is 196 g/mol. The highest BCUT2D eigenvalue weighted by Gasteiger charge is 2.14. The first-order chi connectivity index (χ1) is 6.38. The molecule has 0 radical (unpaired) electrons. The van der Waals surface area contributed by atoms with Gasteiger partial charge in [-0.1, -0.05) is 0 Å². The van der Waals surface area contributed by atoms with Crippen LogP contribution in [0.25, 0.3) is 0 Å². The van der Waals surface area contributed by atoms with Crippen molar-refractivity contribution in [3.63, 3.8) is 0 Å². The Kier molecular flexibility index (Phi) is 2.78. The van der Waals surface area contributed by atoms with Crippen LogP contribution in [-0.4, -0.2) is 21.4 Å². The van der Waals surface area contributed by atoms with Crippen LogP contribution < -0.4 is 10.6 Å². The van der Waals surface area contributed by atoms with Gasteiger partial charge in [-0.3, -0.25) is 10.00 Å². The van der Waals surface area contributed by atoms with Gasteiger partial charge in [0.1, 0.15) is 5.82 Å². The molecular formula is C9H16N4O. The minimum atomic E-state index is -0.233. The smallest absolute Gasteiger partial charge is 0.320 e. The van der Waals surface area contributed by atoms with E-state index in [2.05, 4.69) is 15.7 Å². The molecule has 0 aliphatic rings. The summed E-state index contributed by atoms with van der Waals surface area (Å²) < 4.78 is 1.60. The van der Waals surface area contributed by atoms with Crippen LogP contribution in [0.15, 0.2) is 12.3 Å². The normalized spacial score (nSPS) is 11.1. The number of anilines is 1. The number of hydrogen-bond acceptors (Lipinski definition) is 2. The summed E-state index contributed by atoms with van der Waals surface area (Å²) in [6.07, 6.45) is 1.63. The molecule has 0 saturated carbocycles. The van der Waals surface area contributed by atoms with Crippen molar-refractivity contribution < 1.29 is 4.79 Å². The molecule has 0 bridgehead atoms. The lowest BCUT2D eigenvalue weighted by Crippen LogP contribution is -2.43. The Morgan fingerprint density at radius 1 is 1.50 bits per heavy atom. The lowest BCUT2D eigenvalue weighted by atomic mass is 10.1. The third-order valence-corrected chi connectivity index (χ3v) is 1.55. The van der Waals surface area contributed by atoms with Gasteiger partial charge in [0.15, 0.2) is 0 Å².